The van der Waals surface area contributed by atoms with Crippen LogP contribution in [0.2, 0.25) is 0 Å². The van der Waals surface area contributed by atoms with E-state index in [0.717, 1.165) is 22.8 Å². The Hall–Kier alpha value is -2.10. The molecule has 1 aliphatic heterocycles. The van der Waals surface area contributed by atoms with E-state index < -0.39 is 5.91 Å². The molecule has 0 bridgehead atoms. The topological polar surface area (TPSA) is 102 Å². The van der Waals surface area contributed by atoms with Gasteiger partial charge in [0.15, 0.2) is 6.61 Å². The molecule has 0 saturated heterocycles. The van der Waals surface area contributed by atoms with Crippen molar-refractivity contribution in [1.82, 2.24) is 0 Å². The number of ether oxygens (including phenoxy) is 1. The van der Waals surface area contributed by atoms with Gasteiger partial charge in [0.25, 0.3) is 11.8 Å². The first kappa shape index (κ1) is 21.6. The van der Waals surface area contributed by atoms with Crippen molar-refractivity contribution in [2.24, 2.45) is 11.7 Å². The van der Waals surface area contributed by atoms with Crippen LogP contribution in [-0.4, -0.2) is 30.9 Å². The number of hydrogen-bond acceptors (Lipinski definition) is 4. The number of benzene rings is 1. The lowest BCUT2D eigenvalue weighted by Gasteiger charge is -2.32. The van der Waals surface area contributed by atoms with E-state index in [2.05, 4.69) is 41.8 Å². The van der Waals surface area contributed by atoms with Crippen LogP contribution in [0.3, 0.4) is 0 Å². The third-order valence-corrected chi connectivity index (χ3v) is 6.36. The predicted octanol–water partition coefficient (Wildman–Crippen LogP) is 3.36. The Labute approximate surface area is 184 Å². The molecule has 156 valence electrons. The molecule has 0 radical (unpaired) electrons. The fourth-order valence-electron chi connectivity index (χ4n) is 3.58. The molecule has 3 amide bonds. The van der Waals surface area contributed by atoms with E-state index in [4.69, 9.17) is 10.5 Å². The van der Waals surface area contributed by atoms with Gasteiger partial charge in [0.1, 0.15) is 5.75 Å². The van der Waals surface area contributed by atoms with E-state index in [9.17, 15) is 14.4 Å². The number of amides is 3. The maximum absolute atomic E-state index is 12.9. The van der Waals surface area contributed by atoms with E-state index in [0.29, 0.717) is 53.6 Å². The van der Waals surface area contributed by atoms with Crippen LogP contribution in [0.15, 0.2) is 23.3 Å². The highest BCUT2D eigenvalue weighted by Gasteiger charge is 2.29. The summed E-state index contributed by atoms with van der Waals surface area (Å²) in [6.45, 7) is 4.79. The molecule has 3 N–H and O–H groups in total. The minimum Gasteiger partial charge on any atom is -0.482 e. The van der Waals surface area contributed by atoms with Crippen LogP contribution in [0.1, 0.15) is 46.0 Å². The summed E-state index contributed by atoms with van der Waals surface area (Å²) < 4.78 is 6.40. The Morgan fingerprint density at radius 1 is 1.28 bits per heavy atom. The second-order valence-electron chi connectivity index (χ2n) is 7.59. The largest absolute Gasteiger partial charge is 0.482 e. The number of carbonyl (C=O) groups excluding carboxylic acids is 3. The lowest BCUT2D eigenvalue weighted by Crippen LogP contribution is -2.41. The van der Waals surface area contributed by atoms with Crippen LogP contribution in [0.4, 0.5) is 11.4 Å². The Kier molecular flexibility index (Phi) is 6.81. The highest BCUT2D eigenvalue weighted by Crippen LogP contribution is 2.38. The van der Waals surface area contributed by atoms with Crippen LogP contribution >= 0.6 is 22.6 Å². The zero-order valence-electron chi connectivity index (χ0n) is 16.7. The van der Waals surface area contributed by atoms with Crippen LogP contribution in [0.5, 0.6) is 5.75 Å². The molecule has 1 aromatic carbocycles. The number of carbonyl (C=O) groups is 3. The van der Waals surface area contributed by atoms with E-state index in [1.54, 1.807) is 11.0 Å². The molecule has 7 nitrogen and oxygen atoms in total. The number of primary amides is 1. The van der Waals surface area contributed by atoms with Gasteiger partial charge in [-0.05, 0) is 66.3 Å². The third-order valence-electron chi connectivity index (χ3n) is 5.47. The summed E-state index contributed by atoms with van der Waals surface area (Å²) in [5, 5.41) is 2.91. The molecule has 1 unspecified atom stereocenters. The fraction of sp³-hybridized carbons (Fsp3) is 0.476. The minimum absolute atomic E-state index is 0.0140. The number of fused-ring (bicyclic) bond motifs is 1. The van der Waals surface area contributed by atoms with Crippen LogP contribution in [0.25, 0.3) is 0 Å². The van der Waals surface area contributed by atoms with Crippen molar-refractivity contribution in [3.8, 4) is 5.75 Å². The highest BCUT2D eigenvalue weighted by atomic mass is 127. The van der Waals surface area contributed by atoms with Crippen molar-refractivity contribution in [1.29, 1.82) is 0 Å². The van der Waals surface area contributed by atoms with E-state index in [1.807, 2.05) is 6.07 Å². The number of nitrogens with one attached hydrogen (secondary N) is 1. The molecule has 0 saturated carbocycles. The highest BCUT2D eigenvalue weighted by molar-refractivity contribution is 14.1. The van der Waals surface area contributed by atoms with Crippen molar-refractivity contribution in [3.63, 3.8) is 0 Å². The lowest BCUT2D eigenvalue weighted by atomic mass is 9.90. The summed E-state index contributed by atoms with van der Waals surface area (Å²) in [6.07, 6.45) is 3.73. The van der Waals surface area contributed by atoms with Gasteiger partial charge in [0, 0.05) is 21.3 Å². The molecule has 0 aromatic heterocycles. The summed E-state index contributed by atoms with van der Waals surface area (Å²) in [5.74, 6) is 0.0293. The van der Waals surface area contributed by atoms with Crippen molar-refractivity contribution in [2.45, 2.75) is 46.0 Å². The first-order chi connectivity index (χ1) is 13.8. The van der Waals surface area contributed by atoms with Crippen molar-refractivity contribution < 1.29 is 19.1 Å². The Morgan fingerprint density at radius 2 is 1.97 bits per heavy atom. The number of nitrogens with zero attached hydrogens (tertiary/aromatic N) is 1. The van der Waals surface area contributed by atoms with Gasteiger partial charge in [-0.25, -0.2) is 0 Å². The number of rotatable bonds is 6. The molecule has 0 fully saturated rings. The Bertz CT molecular complexity index is 881. The summed E-state index contributed by atoms with van der Waals surface area (Å²) >= 11 is 2.13. The third kappa shape index (κ3) is 4.73. The van der Waals surface area contributed by atoms with Gasteiger partial charge in [-0.2, -0.15) is 0 Å². The maximum atomic E-state index is 12.9. The molecule has 1 heterocycles. The average molecular weight is 511 g/mol. The minimum atomic E-state index is -0.534. The number of hydrogen-bond donors (Lipinski definition) is 2. The van der Waals surface area contributed by atoms with E-state index >= 15 is 0 Å². The van der Waals surface area contributed by atoms with Crippen molar-refractivity contribution in [3.05, 3.63) is 26.8 Å². The molecule has 3 rings (SSSR count). The molecule has 1 aliphatic carbocycles. The lowest BCUT2D eigenvalue weighted by molar-refractivity contribution is -0.121. The molecule has 29 heavy (non-hydrogen) atoms. The van der Waals surface area contributed by atoms with Crippen LogP contribution in [-0.2, 0) is 14.4 Å². The SMILES string of the molecule is CCC(C)CN1C(=O)COc2cc(I)c(NC(=O)C3=C(C(N)=O)CCCC3)cc21. The molecule has 1 atom stereocenters. The maximum Gasteiger partial charge on any atom is 0.265 e. The monoisotopic (exact) mass is 511 g/mol. The van der Waals surface area contributed by atoms with Crippen molar-refractivity contribution >= 4 is 51.7 Å². The van der Waals surface area contributed by atoms with E-state index in [1.165, 1.54) is 0 Å². The van der Waals surface area contributed by atoms with Gasteiger partial charge in [-0.3, -0.25) is 14.4 Å². The normalized spacial score (nSPS) is 17.5. The quantitative estimate of drug-likeness (QED) is 0.572. The van der Waals surface area contributed by atoms with Crippen LogP contribution in [0, 0.1) is 9.49 Å². The van der Waals surface area contributed by atoms with Gasteiger partial charge < -0.3 is 20.7 Å². The summed E-state index contributed by atoms with van der Waals surface area (Å²) in [4.78, 5) is 38.8. The number of anilines is 2. The van der Waals surface area contributed by atoms with Gasteiger partial charge in [-0.15, -0.1) is 0 Å². The number of halogens is 1. The Morgan fingerprint density at radius 3 is 2.62 bits per heavy atom. The van der Waals surface area contributed by atoms with Crippen molar-refractivity contribution in [2.75, 3.05) is 23.4 Å². The average Bonchev–Trinajstić information content (AvgIpc) is 2.70. The van der Waals surface area contributed by atoms with E-state index in [-0.39, 0.29) is 18.4 Å². The van der Waals surface area contributed by atoms with Crippen LogP contribution < -0.4 is 20.7 Å². The van der Waals surface area contributed by atoms with Gasteiger partial charge in [-0.1, -0.05) is 20.3 Å². The molecular formula is C21H26IN3O4. The first-order valence-corrected chi connectivity index (χ1v) is 11.0. The second kappa shape index (κ2) is 9.15. The number of nitrogens with two attached hydrogens (primary N) is 1. The van der Waals surface area contributed by atoms with Gasteiger partial charge >= 0.3 is 0 Å². The van der Waals surface area contributed by atoms with Gasteiger partial charge in [0.05, 0.1) is 11.4 Å². The molecule has 8 heteroatoms. The second-order valence-corrected chi connectivity index (χ2v) is 8.75. The molecule has 0 spiro atoms. The predicted molar refractivity (Wildman–Crippen MR) is 120 cm³/mol. The summed E-state index contributed by atoms with van der Waals surface area (Å²) in [5.41, 5.74) is 7.58. The summed E-state index contributed by atoms with van der Waals surface area (Å²) in [6, 6.07) is 3.60. The molecule has 2 aliphatic rings. The zero-order chi connectivity index (χ0) is 21.1. The smallest absolute Gasteiger partial charge is 0.265 e. The standard InChI is InChI=1S/C21H26IN3O4/c1-3-12(2)10-25-17-9-16(15(22)8-18(17)29-11-19(25)26)24-21(28)14-7-5-4-6-13(14)20(23)27/h8-9,12H,3-7,10-11H2,1-2H3,(H2,23,27)(H,24,28). The Balaban J connectivity index is 1.92. The fourth-order valence-corrected chi connectivity index (χ4v) is 4.16. The zero-order valence-corrected chi connectivity index (χ0v) is 18.9. The first-order valence-electron chi connectivity index (χ1n) is 9.91. The molecular weight excluding hydrogens is 485 g/mol. The molecule has 1 aromatic rings. The summed E-state index contributed by atoms with van der Waals surface area (Å²) in [7, 11) is 0. The van der Waals surface area contributed by atoms with Gasteiger partial charge in [0.2, 0.25) is 5.91 Å².